The SMILES string of the molecule is CN(C)CCCNC(=O)c1cc(-c2cnc(N3CCOCC3)nc2)cn1CC1CC1. The van der Waals surface area contributed by atoms with E-state index in [2.05, 4.69) is 35.8 Å². The van der Waals surface area contributed by atoms with E-state index in [0.29, 0.717) is 25.7 Å². The second-order valence-electron chi connectivity index (χ2n) is 8.49. The molecule has 0 radical (unpaired) electrons. The molecule has 0 unspecified atom stereocenters. The lowest BCUT2D eigenvalue weighted by atomic mass is 10.2. The smallest absolute Gasteiger partial charge is 0.267 e. The van der Waals surface area contributed by atoms with Crippen molar-refractivity contribution in [2.24, 2.45) is 5.92 Å². The highest BCUT2D eigenvalue weighted by Gasteiger charge is 2.24. The summed E-state index contributed by atoms with van der Waals surface area (Å²) in [5.74, 6) is 1.41. The highest BCUT2D eigenvalue weighted by molar-refractivity contribution is 5.94. The van der Waals surface area contributed by atoms with Crippen molar-refractivity contribution in [3.05, 3.63) is 30.4 Å². The zero-order valence-corrected chi connectivity index (χ0v) is 18.0. The van der Waals surface area contributed by atoms with Crippen molar-refractivity contribution in [3.63, 3.8) is 0 Å². The zero-order valence-electron chi connectivity index (χ0n) is 18.0. The molecule has 1 saturated carbocycles. The van der Waals surface area contributed by atoms with Gasteiger partial charge in [0, 0.05) is 55.9 Å². The predicted octanol–water partition coefficient (Wildman–Crippen LogP) is 1.87. The number of aromatic nitrogens is 3. The van der Waals surface area contributed by atoms with Gasteiger partial charge in [-0.05, 0) is 51.9 Å². The van der Waals surface area contributed by atoms with E-state index >= 15 is 0 Å². The average Bonchev–Trinajstić information content (AvgIpc) is 3.48. The van der Waals surface area contributed by atoms with Crippen LogP contribution in [0.3, 0.4) is 0 Å². The Morgan fingerprint density at radius 1 is 1.20 bits per heavy atom. The molecule has 2 aromatic heterocycles. The van der Waals surface area contributed by atoms with Crippen molar-refractivity contribution >= 4 is 11.9 Å². The second kappa shape index (κ2) is 9.57. The van der Waals surface area contributed by atoms with Crippen LogP contribution in [0.4, 0.5) is 5.95 Å². The van der Waals surface area contributed by atoms with E-state index in [1.54, 1.807) is 0 Å². The summed E-state index contributed by atoms with van der Waals surface area (Å²) < 4.78 is 7.50. The molecule has 162 valence electrons. The Morgan fingerprint density at radius 2 is 1.93 bits per heavy atom. The number of carbonyl (C=O) groups excluding carboxylic acids is 1. The Kier molecular flexibility index (Phi) is 6.64. The molecule has 1 amide bonds. The van der Waals surface area contributed by atoms with Crippen LogP contribution in [-0.4, -0.2) is 78.8 Å². The molecule has 1 N–H and O–H groups in total. The van der Waals surface area contributed by atoms with Gasteiger partial charge in [0.2, 0.25) is 5.95 Å². The third-order valence-electron chi connectivity index (χ3n) is 5.61. The Labute approximate surface area is 178 Å². The third kappa shape index (κ3) is 5.37. The number of nitrogens with one attached hydrogen (secondary N) is 1. The van der Waals surface area contributed by atoms with E-state index in [0.717, 1.165) is 55.4 Å². The van der Waals surface area contributed by atoms with E-state index < -0.39 is 0 Å². The number of hydrogen-bond donors (Lipinski definition) is 1. The minimum Gasteiger partial charge on any atom is -0.378 e. The fraction of sp³-hybridized carbons (Fsp3) is 0.591. The maximum absolute atomic E-state index is 12.8. The molecule has 2 aliphatic rings. The molecular formula is C22H32N6O2. The summed E-state index contributed by atoms with van der Waals surface area (Å²) in [6.45, 7) is 5.59. The number of amides is 1. The van der Waals surface area contributed by atoms with Crippen LogP contribution in [0.1, 0.15) is 29.8 Å². The van der Waals surface area contributed by atoms with Gasteiger partial charge in [-0.25, -0.2) is 9.97 Å². The molecule has 1 aliphatic carbocycles. The Morgan fingerprint density at radius 3 is 2.60 bits per heavy atom. The van der Waals surface area contributed by atoms with Crippen LogP contribution in [0.15, 0.2) is 24.7 Å². The quantitative estimate of drug-likeness (QED) is 0.634. The van der Waals surface area contributed by atoms with Gasteiger partial charge in [-0.15, -0.1) is 0 Å². The lowest BCUT2D eigenvalue weighted by Crippen LogP contribution is -2.37. The molecule has 0 aromatic carbocycles. The summed E-state index contributed by atoms with van der Waals surface area (Å²) >= 11 is 0. The number of rotatable bonds is 9. The molecule has 2 fully saturated rings. The summed E-state index contributed by atoms with van der Waals surface area (Å²) in [5.41, 5.74) is 2.64. The van der Waals surface area contributed by atoms with E-state index in [1.807, 2.05) is 32.6 Å². The van der Waals surface area contributed by atoms with Crippen LogP contribution in [0, 0.1) is 5.92 Å². The molecule has 1 saturated heterocycles. The predicted molar refractivity (Wildman–Crippen MR) is 117 cm³/mol. The normalized spacial score (nSPS) is 16.8. The van der Waals surface area contributed by atoms with Crippen LogP contribution in [0.2, 0.25) is 0 Å². The van der Waals surface area contributed by atoms with Gasteiger partial charge in [0.15, 0.2) is 0 Å². The number of anilines is 1. The first-order valence-corrected chi connectivity index (χ1v) is 10.9. The van der Waals surface area contributed by atoms with Gasteiger partial charge in [-0.1, -0.05) is 0 Å². The second-order valence-corrected chi connectivity index (χ2v) is 8.49. The molecule has 1 aliphatic heterocycles. The fourth-order valence-corrected chi connectivity index (χ4v) is 3.67. The monoisotopic (exact) mass is 412 g/mol. The molecule has 2 aromatic rings. The first kappa shape index (κ1) is 20.8. The van der Waals surface area contributed by atoms with Gasteiger partial charge < -0.3 is 24.4 Å². The maximum Gasteiger partial charge on any atom is 0.267 e. The van der Waals surface area contributed by atoms with E-state index in [9.17, 15) is 4.79 Å². The first-order chi connectivity index (χ1) is 14.6. The van der Waals surface area contributed by atoms with Gasteiger partial charge in [-0.2, -0.15) is 0 Å². The molecule has 8 nitrogen and oxygen atoms in total. The third-order valence-corrected chi connectivity index (χ3v) is 5.61. The summed E-state index contributed by atoms with van der Waals surface area (Å²) in [7, 11) is 4.09. The zero-order chi connectivity index (χ0) is 20.9. The molecule has 30 heavy (non-hydrogen) atoms. The number of morpholine rings is 1. The van der Waals surface area contributed by atoms with Crippen molar-refractivity contribution in [2.45, 2.75) is 25.8 Å². The maximum atomic E-state index is 12.8. The van der Waals surface area contributed by atoms with Crippen LogP contribution >= 0.6 is 0 Å². The van der Waals surface area contributed by atoms with Gasteiger partial charge in [0.1, 0.15) is 5.69 Å². The van der Waals surface area contributed by atoms with Gasteiger partial charge in [0.25, 0.3) is 5.91 Å². The van der Waals surface area contributed by atoms with Gasteiger partial charge >= 0.3 is 0 Å². The molecule has 0 spiro atoms. The van der Waals surface area contributed by atoms with Crippen molar-refractivity contribution in [1.82, 2.24) is 24.8 Å². The number of ether oxygens (including phenoxy) is 1. The topological polar surface area (TPSA) is 75.5 Å². The van der Waals surface area contributed by atoms with Crippen LogP contribution in [0.25, 0.3) is 11.1 Å². The highest BCUT2D eigenvalue weighted by atomic mass is 16.5. The highest BCUT2D eigenvalue weighted by Crippen LogP contribution is 2.32. The van der Waals surface area contributed by atoms with E-state index in [4.69, 9.17) is 4.74 Å². The molecule has 0 bridgehead atoms. The Bertz CT molecular complexity index is 838. The number of carbonyl (C=O) groups is 1. The van der Waals surface area contributed by atoms with E-state index in [-0.39, 0.29) is 5.91 Å². The molecule has 0 atom stereocenters. The van der Waals surface area contributed by atoms with Crippen molar-refractivity contribution in [3.8, 4) is 11.1 Å². The minimum atomic E-state index is -0.00786. The van der Waals surface area contributed by atoms with Crippen molar-refractivity contribution in [1.29, 1.82) is 0 Å². The summed E-state index contributed by atoms with van der Waals surface area (Å²) in [6, 6.07) is 1.97. The van der Waals surface area contributed by atoms with E-state index in [1.165, 1.54) is 12.8 Å². The Balaban J connectivity index is 1.47. The van der Waals surface area contributed by atoms with Crippen molar-refractivity contribution < 1.29 is 9.53 Å². The van der Waals surface area contributed by atoms with Crippen LogP contribution in [0.5, 0.6) is 0 Å². The standard InChI is InChI=1S/C22H32N6O2/c1-26(2)7-3-6-23-21(29)20-12-18(16-28(20)15-17-4-5-17)19-13-24-22(25-14-19)27-8-10-30-11-9-27/h12-14,16-17H,3-11,15H2,1-2H3,(H,23,29). The minimum absolute atomic E-state index is 0.00786. The first-order valence-electron chi connectivity index (χ1n) is 10.9. The van der Waals surface area contributed by atoms with Crippen LogP contribution < -0.4 is 10.2 Å². The lowest BCUT2D eigenvalue weighted by molar-refractivity contribution is 0.0942. The number of hydrogen-bond acceptors (Lipinski definition) is 6. The Hall–Kier alpha value is -2.45. The number of nitrogens with zero attached hydrogens (tertiary/aromatic N) is 5. The summed E-state index contributed by atoms with van der Waals surface area (Å²) in [6.07, 6.45) is 9.20. The molecule has 3 heterocycles. The summed E-state index contributed by atoms with van der Waals surface area (Å²) in [5, 5.41) is 3.07. The fourth-order valence-electron chi connectivity index (χ4n) is 3.67. The average molecular weight is 413 g/mol. The van der Waals surface area contributed by atoms with Crippen LogP contribution in [-0.2, 0) is 11.3 Å². The lowest BCUT2D eigenvalue weighted by Gasteiger charge is -2.26. The molecule has 4 rings (SSSR count). The van der Waals surface area contributed by atoms with Gasteiger partial charge in [-0.3, -0.25) is 4.79 Å². The van der Waals surface area contributed by atoms with Crippen molar-refractivity contribution in [2.75, 3.05) is 58.4 Å². The van der Waals surface area contributed by atoms with Gasteiger partial charge in [0.05, 0.1) is 13.2 Å². The molecule has 8 heteroatoms. The largest absolute Gasteiger partial charge is 0.378 e. The molecular weight excluding hydrogens is 380 g/mol. The summed E-state index contributed by atoms with van der Waals surface area (Å²) in [4.78, 5) is 26.2.